The Morgan fingerprint density at radius 3 is 1.06 bits per heavy atom. The van der Waals surface area contributed by atoms with Crippen LogP contribution in [0.4, 0.5) is 0 Å². The molecule has 0 saturated heterocycles. The molecule has 0 aliphatic heterocycles. The lowest BCUT2D eigenvalue weighted by Crippen LogP contribution is -2.42. The molecule has 0 radical (unpaired) electrons. The molecule has 86 heavy (non-hydrogen) atoms. The summed E-state index contributed by atoms with van der Waals surface area (Å²) < 4.78 is 26.8. The Morgan fingerprint density at radius 2 is 0.779 bits per heavy atom. The van der Waals surface area contributed by atoms with Crippen molar-refractivity contribution in [1.82, 2.24) is 97.3 Å². The second kappa shape index (κ2) is 44.5. The van der Waals surface area contributed by atoms with Gasteiger partial charge in [-0.3, -0.25) is 52.7 Å². The van der Waals surface area contributed by atoms with Crippen LogP contribution in [-0.2, 0) is 91.2 Å². The van der Waals surface area contributed by atoms with Crippen molar-refractivity contribution in [3.63, 3.8) is 0 Å². The number of hydrogen-bond donors (Lipinski definition) is 9. The smallest absolute Gasteiger partial charge is 0.222 e. The number of hydrogen-bond acceptors (Lipinski definition) is 23. The fourth-order valence-corrected chi connectivity index (χ4v) is 7.49. The van der Waals surface area contributed by atoms with Crippen LogP contribution in [0.5, 0.6) is 0 Å². The molecule has 0 bridgehead atoms. The molecule has 3 aromatic heterocycles. The first-order valence-electron chi connectivity index (χ1n) is 28.7. The van der Waals surface area contributed by atoms with Crippen LogP contribution in [0, 0.1) is 0 Å². The molecule has 0 aliphatic rings. The molecular formula is C52H90N22O12. The highest BCUT2D eigenvalue weighted by Gasteiger charge is 2.17. The van der Waals surface area contributed by atoms with Gasteiger partial charge < -0.3 is 77.1 Å². The lowest BCUT2D eigenvalue weighted by Gasteiger charge is -2.27. The summed E-state index contributed by atoms with van der Waals surface area (Å²) in [5.41, 5.74) is 2.36. The zero-order valence-corrected chi connectivity index (χ0v) is 50.4. The van der Waals surface area contributed by atoms with E-state index in [2.05, 4.69) is 83.6 Å². The summed E-state index contributed by atoms with van der Waals surface area (Å²) in [7, 11) is 5.05. The second-order valence-electron chi connectivity index (χ2n) is 19.8. The molecule has 480 valence electrons. The maximum atomic E-state index is 13.1. The molecule has 10 N–H and O–H groups in total. The van der Waals surface area contributed by atoms with Crippen molar-refractivity contribution in [3.05, 3.63) is 35.7 Å². The van der Waals surface area contributed by atoms with Crippen LogP contribution in [-0.4, -0.2) is 246 Å². The van der Waals surface area contributed by atoms with Gasteiger partial charge in [-0.25, -0.2) is 4.68 Å². The minimum absolute atomic E-state index is 0.0486. The van der Waals surface area contributed by atoms with Gasteiger partial charge in [0, 0.05) is 176 Å². The minimum atomic E-state index is -0.292. The van der Waals surface area contributed by atoms with Gasteiger partial charge in [-0.15, -0.1) is 15.3 Å². The monoisotopic (exact) mass is 1210 g/mol. The van der Waals surface area contributed by atoms with E-state index in [1.54, 1.807) is 53.8 Å². The van der Waals surface area contributed by atoms with Gasteiger partial charge in [-0.05, 0) is 13.8 Å². The number of aliphatic imine (C=N–C) groups is 1. The topological polar surface area (TPSA) is 419 Å². The summed E-state index contributed by atoms with van der Waals surface area (Å²) >= 11 is 0. The van der Waals surface area contributed by atoms with E-state index in [1.165, 1.54) is 6.21 Å². The number of rotatable bonds is 49. The highest BCUT2D eigenvalue weighted by Crippen LogP contribution is 2.05. The molecule has 34 heteroatoms. The Balaban J connectivity index is 1.53. The Hall–Kier alpha value is -7.92. The van der Waals surface area contributed by atoms with Gasteiger partial charge in [0.15, 0.2) is 0 Å². The van der Waals surface area contributed by atoms with Crippen LogP contribution in [0.1, 0.15) is 88.3 Å². The Bertz CT molecular complexity index is 2450. The summed E-state index contributed by atoms with van der Waals surface area (Å²) in [6.07, 6.45) is 7.31. The third-order valence-corrected chi connectivity index (χ3v) is 12.2. The summed E-state index contributed by atoms with van der Waals surface area (Å²) in [6, 6.07) is 0.161. The van der Waals surface area contributed by atoms with Gasteiger partial charge in [0.25, 0.3) is 0 Å². The molecular weight excluding hydrogens is 1120 g/mol. The van der Waals surface area contributed by atoms with Crippen molar-refractivity contribution < 1.29 is 57.3 Å². The van der Waals surface area contributed by atoms with E-state index in [0.717, 1.165) is 0 Å². The normalized spacial score (nSPS) is 11.6. The largest absolute Gasteiger partial charge is 0.374 e. The fraction of sp³-hybridized carbons (Fsp3) is 0.692. The number of nitrogens with one attached hydrogen (secondary N) is 8. The van der Waals surface area contributed by atoms with Crippen molar-refractivity contribution in [1.29, 1.82) is 0 Å². The van der Waals surface area contributed by atoms with Gasteiger partial charge in [0.1, 0.15) is 22.8 Å². The van der Waals surface area contributed by atoms with Crippen LogP contribution in [0.3, 0.4) is 0 Å². The summed E-state index contributed by atoms with van der Waals surface area (Å²) in [5.74, 6) is 3.13. The molecule has 0 unspecified atom stereocenters. The predicted molar refractivity (Wildman–Crippen MR) is 312 cm³/mol. The van der Waals surface area contributed by atoms with Gasteiger partial charge in [-0.1, -0.05) is 15.6 Å². The maximum absolute atomic E-state index is 13.1. The van der Waals surface area contributed by atoms with E-state index < -0.39 is 0 Å². The van der Waals surface area contributed by atoms with E-state index in [4.69, 9.17) is 24.8 Å². The van der Waals surface area contributed by atoms with Crippen LogP contribution >= 0.6 is 0 Å². The zero-order valence-electron chi connectivity index (χ0n) is 50.4. The number of carbonyl (C=O) groups excluding carboxylic acids is 8. The molecule has 3 heterocycles. The number of aryl methyl sites for hydroxylation is 2. The third kappa shape index (κ3) is 36.0. The Morgan fingerprint density at radius 1 is 0.477 bits per heavy atom. The standard InChI is InChI=1S/C52H90N22O12/c1-40(2)74-35-44(66-69-74)39-86-31-13-52(82)62-21-17-58-48(78)9-25-72(22-6-45(75)55-14-18-59-49(79)10-28-83-36-41(63-53)32-54-3)26-27-73(23-7-46(76)56-15-19-60-50(80)11-29-84-37-42-33-70(4)67-64-42)24-8-47(77)57-16-20-61-51(81)12-30-85-38-43-34-71(5)68-65-43/h32-35,40H,6-31,36-39,53H2,1-5H3,(H,55,75)(H,56,76)(H,57,77)(H,58,78)(H,59,79)(H,60,80)(H,61,81)(H,62,82). The Labute approximate surface area is 500 Å². The van der Waals surface area contributed by atoms with Gasteiger partial charge >= 0.3 is 0 Å². The van der Waals surface area contributed by atoms with Gasteiger partial charge in [0.05, 0.1) is 71.4 Å². The molecule has 0 aromatic carbocycles. The number of aromatic nitrogens is 9. The average molecular weight is 1220 g/mol. The first-order chi connectivity index (χ1) is 41.5. The third-order valence-electron chi connectivity index (χ3n) is 12.2. The lowest BCUT2D eigenvalue weighted by molar-refractivity contribution is -0.124. The molecule has 3 aromatic rings. The first kappa shape index (κ1) is 72.3. The van der Waals surface area contributed by atoms with E-state index in [1.807, 2.05) is 23.6 Å². The lowest BCUT2D eigenvalue weighted by atomic mass is 10.2. The Kier molecular flexibility index (Phi) is 37.5. The number of ether oxygens (including phenoxy) is 4. The number of amides is 8. The quantitative estimate of drug-likeness (QED) is 0.0112. The summed E-state index contributed by atoms with van der Waals surface area (Å²) in [4.78, 5) is 110. The van der Waals surface area contributed by atoms with Crippen molar-refractivity contribution in [2.45, 2.75) is 91.1 Å². The minimum Gasteiger partial charge on any atom is -0.374 e. The van der Waals surface area contributed by atoms with Crippen LogP contribution in [0.25, 0.3) is 0 Å². The highest BCUT2D eigenvalue weighted by molar-refractivity contribution is 6.31. The fourth-order valence-electron chi connectivity index (χ4n) is 7.49. The zero-order chi connectivity index (χ0) is 62.6. The summed E-state index contributed by atoms with van der Waals surface area (Å²) in [6.45, 7) is 8.43. The van der Waals surface area contributed by atoms with E-state index in [0.29, 0.717) is 35.9 Å². The molecule has 0 spiro atoms. The van der Waals surface area contributed by atoms with Crippen LogP contribution in [0.2, 0.25) is 0 Å². The van der Waals surface area contributed by atoms with Crippen molar-refractivity contribution in [2.24, 2.45) is 30.0 Å². The van der Waals surface area contributed by atoms with Gasteiger partial charge in [0.2, 0.25) is 47.3 Å². The molecule has 0 atom stereocenters. The SMILES string of the molecule is CN=CC(COCCC(=O)NCCNC(=O)CCN(CCC(=O)NCCNC(=O)CCOCc1cn(C(C)C)nn1)CCN(CCC(=O)NCCNC(=O)CCOCc1cn(C)nn1)CCC(=O)NCCNC(=O)CCOCc1cn(C)nn1)=NN. The van der Waals surface area contributed by atoms with Gasteiger partial charge in [-0.2, -0.15) is 5.10 Å². The van der Waals surface area contributed by atoms with E-state index in [-0.39, 0.29) is 236 Å². The van der Waals surface area contributed by atoms with E-state index in [9.17, 15) is 38.4 Å². The molecule has 34 nitrogen and oxygen atoms in total. The van der Waals surface area contributed by atoms with Crippen LogP contribution < -0.4 is 48.4 Å². The number of nitrogens with zero attached hydrogens (tertiary/aromatic N) is 13. The number of carbonyl (C=O) groups is 8. The first-order valence-corrected chi connectivity index (χ1v) is 28.7. The average Bonchev–Trinajstić information content (AvgIpc) is 4.47. The second-order valence-corrected chi connectivity index (χ2v) is 19.8. The van der Waals surface area contributed by atoms with Crippen molar-refractivity contribution in [2.75, 3.05) is 132 Å². The molecule has 0 aliphatic carbocycles. The molecule has 3 rings (SSSR count). The van der Waals surface area contributed by atoms with Crippen molar-refractivity contribution >= 4 is 59.2 Å². The molecule has 8 amide bonds. The summed E-state index contributed by atoms with van der Waals surface area (Å²) in [5, 5.41) is 49.5. The molecule has 0 saturated carbocycles. The maximum Gasteiger partial charge on any atom is 0.222 e. The molecule has 0 fully saturated rings. The predicted octanol–water partition coefficient (Wildman–Crippen LogP) is -4.25. The van der Waals surface area contributed by atoms with Crippen LogP contribution in [0.15, 0.2) is 28.7 Å². The number of nitrogens with two attached hydrogens (primary N) is 1. The van der Waals surface area contributed by atoms with E-state index >= 15 is 0 Å². The van der Waals surface area contributed by atoms with Crippen molar-refractivity contribution in [3.8, 4) is 0 Å². The highest BCUT2D eigenvalue weighted by atomic mass is 16.5. The number of hydrazone groups is 1.